The molecular formula is C70H68BrF16LiN8O16. The third-order valence-corrected chi connectivity index (χ3v) is 15.3. The minimum atomic E-state index is -4.89. The van der Waals surface area contributed by atoms with Gasteiger partial charge in [-0.3, -0.25) is 28.8 Å². The van der Waals surface area contributed by atoms with E-state index < -0.39 is 118 Å². The molecule has 1 amide bonds. The summed E-state index contributed by atoms with van der Waals surface area (Å²) in [6.07, 6.45) is -9.05. The maximum absolute atomic E-state index is 13.5. The molecule has 0 atom stereocenters. The molecule has 0 spiro atoms. The number of amides is 1. The minimum absolute atomic E-state index is 0. The van der Waals surface area contributed by atoms with Crippen molar-refractivity contribution in [2.75, 3.05) is 47.0 Å². The Morgan fingerprint density at radius 2 is 0.821 bits per heavy atom. The van der Waals surface area contributed by atoms with Crippen LogP contribution < -0.4 is 41.9 Å². The molecule has 42 heteroatoms. The molecule has 0 fully saturated rings. The van der Waals surface area contributed by atoms with E-state index in [4.69, 9.17) is 39.3 Å². The number of carboxylic acid groups (broad SMARTS) is 2. The number of alkyl halides is 13. The van der Waals surface area contributed by atoms with Crippen molar-refractivity contribution in [2.24, 2.45) is 5.73 Å². The van der Waals surface area contributed by atoms with E-state index in [9.17, 15) is 104 Å². The monoisotopic (exact) mass is 1670 g/mol. The summed E-state index contributed by atoms with van der Waals surface area (Å²) in [5, 5.41) is 17.1. The number of primary amides is 1. The first-order valence-electron chi connectivity index (χ1n) is 31.0. The summed E-state index contributed by atoms with van der Waals surface area (Å²) in [4.78, 5) is 81.1. The zero-order valence-corrected chi connectivity index (χ0v) is 61.4. The normalized spacial score (nSPS) is 11.2. The number of nitrogens with zero attached hydrogens (tertiary/aromatic N) is 5. The van der Waals surface area contributed by atoms with E-state index >= 15 is 0 Å². The standard InChI is InChI=1S/C18H14F4N2O3.C16H16F4N2O3.C16H15F4NO4.C14H8F4N2O.C4H7BrO2.C2H4O2.Li.H3N.H2O/c1-2-27-15(25)10-24-8-7-23-6-5-12(16(23)17(24)26)11-3-4-14(19)13(9-11)18(20,21)22;1-24-13(25-2)8-22-6-5-10(14(22)15(21)23)9-3-4-12(17)11(7-9)16(18,19)20;1-24-13(25-2)8-21-6-5-10(14(21)15(22)23)9-3-4-12(17)11(7-9)16(18,19)20;15-11-2-1-8(7-10(11)14(16,17)18)9-3-5-20-6-4-19-13(21)12(9)20;1-2-7-4(6)3-5;1-2(3)4;;;/h3-9H,2,10H2,1H3;3-7,13H,8H2,1-2H3,(H2,21,23);3-7,13H,8H2,1-2H3,(H,22,23);1-7H,(H,19,21);2-3H2,1H3;1H3,(H,3,4);;1H3;1H2/q;;;;;;+1;;/p-1. The molecule has 604 valence electrons. The fourth-order valence-electron chi connectivity index (χ4n) is 10.0. The van der Waals surface area contributed by atoms with E-state index in [0.717, 1.165) is 29.7 Å². The van der Waals surface area contributed by atoms with Crippen LogP contribution in [-0.4, -0.2) is 133 Å². The predicted octanol–water partition coefficient (Wildman–Crippen LogP) is 11.6. The van der Waals surface area contributed by atoms with Gasteiger partial charge in [-0.25, -0.2) is 22.4 Å². The smallest absolute Gasteiger partial charge is 0.870 e. The molecule has 10 rings (SSSR count). The number of aromatic carboxylic acids is 1. The van der Waals surface area contributed by atoms with Crippen molar-refractivity contribution in [2.45, 2.75) is 77.7 Å². The molecule has 0 saturated carbocycles. The number of esters is 2. The predicted molar refractivity (Wildman–Crippen MR) is 369 cm³/mol. The number of fused-ring (bicyclic) bond motifs is 2. The van der Waals surface area contributed by atoms with Crippen molar-refractivity contribution >= 4 is 56.7 Å². The van der Waals surface area contributed by atoms with Gasteiger partial charge in [-0.2, -0.15) is 52.7 Å². The van der Waals surface area contributed by atoms with E-state index in [1.807, 2.05) is 0 Å². The van der Waals surface area contributed by atoms with Crippen molar-refractivity contribution in [3.05, 3.63) is 224 Å². The molecule has 112 heavy (non-hydrogen) atoms. The molecule has 0 bridgehead atoms. The van der Waals surface area contributed by atoms with E-state index in [1.165, 1.54) is 120 Å². The molecule has 6 heterocycles. The number of nitrogens with one attached hydrogen (secondary N) is 1. The molecule has 6 aromatic heterocycles. The van der Waals surface area contributed by atoms with E-state index in [0.29, 0.717) is 60.0 Å². The summed E-state index contributed by atoms with van der Waals surface area (Å²) in [5.74, 6) is -9.40. The summed E-state index contributed by atoms with van der Waals surface area (Å²) in [6.45, 7) is 4.89. The van der Waals surface area contributed by atoms with Gasteiger partial charge < -0.3 is 83.5 Å². The van der Waals surface area contributed by atoms with Crippen molar-refractivity contribution in [1.82, 2.24) is 33.6 Å². The first-order chi connectivity index (χ1) is 51.0. The summed E-state index contributed by atoms with van der Waals surface area (Å²) >= 11 is 2.94. The van der Waals surface area contributed by atoms with Gasteiger partial charge >= 0.3 is 61.5 Å². The van der Waals surface area contributed by atoms with Gasteiger partial charge in [0.15, 0.2) is 12.6 Å². The topological polar surface area (TPSA) is 346 Å². The van der Waals surface area contributed by atoms with Crippen LogP contribution in [0.4, 0.5) is 70.2 Å². The number of hydrogen-bond donors (Lipinski definition) is 5. The molecule has 0 aliphatic carbocycles. The number of rotatable bonds is 19. The third kappa shape index (κ3) is 26.0. The van der Waals surface area contributed by atoms with Crippen LogP contribution in [0.5, 0.6) is 0 Å². The SMILES string of the molecule is CC(=O)O.CCOC(=O)CBr.CCOC(=O)Cn1ccn2ccc(-c3ccc(F)c(C(F)(F)F)c3)c2c1=O.COC(Cn1ccc(-c2ccc(F)c(C(F)(F)F)c2)c1C(=O)O)OC.COC(Cn1ccc(-c2ccc(F)c(C(F)(F)F)c2)c1C(N)=O)OC.N.O=c1[nH]ccn2ccc(-c3ccc(F)c(C(F)(F)F)c3)c12.[Li+].[OH-]. The number of aliphatic carboxylic acids is 1. The number of methoxy groups -OCH3 is 4. The number of aromatic nitrogens is 6. The zero-order chi connectivity index (χ0) is 81.8. The van der Waals surface area contributed by atoms with Crippen LogP contribution in [0.1, 0.15) is 64.0 Å². The van der Waals surface area contributed by atoms with Crippen LogP contribution in [0, 0.1) is 23.3 Å². The number of H-pyrrole nitrogens is 1. The van der Waals surface area contributed by atoms with Crippen LogP contribution in [0.25, 0.3) is 55.5 Å². The minimum Gasteiger partial charge on any atom is -0.870 e. The average Bonchev–Trinajstić information content (AvgIpc) is 1.61. The molecule has 0 aliphatic heterocycles. The Labute approximate surface area is 644 Å². The summed E-state index contributed by atoms with van der Waals surface area (Å²) in [7, 11) is 5.54. The van der Waals surface area contributed by atoms with Crippen molar-refractivity contribution in [3.8, 4) is 44.5 Å². The molecule has 0 saturated heterocycles. The number of benzene rings is 4. The number of nitrogens with two attached hydrogens (primary N) is 1. The Morgan fingerprint density at radius 1 is 0.491 bits per heavy atom. The molecule has 0 radical (unpaired) electrons. The number of ether oxygens (including phenoxy) is 6. The van der Waals surface area contributed by atoms with Gasteiger partial charge in [-0.15, -0.1) is 0 Å². The number of hydrogen-bond acceptors (Lipinski definition) is 15. The number of carboxylic acids is 2. The second-order valence-corrected chi connectivity index (χ2v) is 22.5. The number of carbonyl (C=O) groups is 5. The molecule has 0 aliphatic rings. The zero-order valence-electron chi connectivity index (χ0n) is 59.8. The van der Waals surface area contributed by atoms with E-state index in [1.54, 1.807) is 26.2 Å². The van der Waals surface area contributed by atoms with Crippen molar-refractivity contribution in [1.29, 1.82) is 0 Å². The quantitative estimate of drug-likeness (QED) is 0.0165. The van der Waals surface area contributed by atoms with Crippen LogP contribution >= 0.6 is 15.9 Å². The van der Waals surface area contributed by atoms with Gasteiger partial charge in [0.2, 0.25) is 0 Å². The largest absolute Gasteiger partial charge is 1.00 e. The second-order valence-electron chi connectivity index (χ2n) is 22.0. The van der Waals surface area contributed by atoms with Crippen molar-refractivity contribution < 1.29 is 157 Å². The van der Waals surface area contributed by atoms with Crippen LogP contribution in [0.2, 0.25) is 0 Å². The Kier molecular flexibility index (Phi) is 37.3. The summed E-state index contributed by atoms with van der Waals surface area (Å²) < 4.78 is 244. The van der Waals surface area contributed by atoms with Crippen LogP contribution in [-0.2, 0) is 87.1 Å². The maximum atomic E-state index is 13.5. The van der Waals surface area contributed by atoms with Gasteiger partial charge in [0, 0.05) is 107 Å². The summed E-state index contributed by atoms with van der Waals surface area (Å²) in [6, 6.07) is 15.8. The van der Waals surface area contributed by atoms with Gasteiger partial charge in [0.1, 0.15) is 57.6 Å². The third-order valence-electron chi connectivity index (χ3n) is 14.8. The number of aromatic amines is 1. The Bertz CT molecular complexity index is 4820. The summed E-state index contributed by atoms with van der Waals surface area (Å²) in [5.41, 5.74) is -0.468. The van der Waals surface area contributed by atoms with Gasteiger partial charge in [-0.1, -0.05) is 40.2 Å². The first kappa shape index (κ1) is 97.6. The molecular weight excluding hydrogens is 1600 g/mol. The molecule has 0 unspecified atom stereocenters. The van der Waals surface area contributed by atoms with Gasteiger partial charge in [0.05, 0.1) is 48.6 Å². The van der Waals surface area contributed by atoms with Crippen LogP contribution in [0.3, 0.4) is 0 Å². The van der Waals surface area contributed by atoms with E-state index in [2.05, 4.69) is 25.7 Å². The van der Waals surface area contributed by atoms with Crippen molar-refractivity contribution in [3.63, 3.8) is 0 Å². The fourth-order valence-corrected chi connectivity index (χ4v) is 10.2. The van der Waals surface area contributed by atoms with Gasteiger partial charge in [0.25, 0.3) is 23.0 Å². The Balaban J connectivity index is 0.000000481. The fraction of sp³-hybridized carbons (Fsp3) is 0.271. The Hall–Kier alpha value is -10.5. The first-order valence-corrected chi connectivity index (χ1v) is 32.1. The van der Waals surface area contributed by atoms with Crippen LogP contribution in [0.15, 0.2) is 156 Å². The maximum Gasteiger partial charge on any atom is 1.00 e. The molecule has 24 nitrogen and oxygen atoms in total. The molecule has 9 N–H and O–H groups in total. The van der Waals surface area contributed by atoms with E-state index in [-0.39, 0.29) is 124 Å². The molecule has 4 aromatic carbocycles. The van der Waals surface area contributed by atoms with Gasteiger partial charge in [-0.05, 0) is 109 Å². The Morgan fingerprint density at radius 3 is 1.15 bits per heavy atom. The molecule has 10 aromatic rings. The second kappa shape index (κ2) is 42.8. The number of halogens is 17. The number of carbonyl (C=O) groups excluding carboxylic acids is 3. The average molecular weight is 1670 g/mol.